The van der Waals surface area contributed by atoms with Gasteiger partial charge in [-0.15, -0.1) is 0 Å². The summed E-state index contributed by atoms with van der Waals surface area (Å²) < 4.78 is 0. The van der Waals surface area contributed by atoms with E-state index in [1.807, 2.05) is 84.9 Å². The van der Waals surface area contributed by atoms with Gasteiger partial charge < -0.3 is 5.32 Å². The maximum Gasteiger partial charge on any atom is 0.245 e. The summed E-state index contributed by atoms with van der Waals surface area (Å²) in [4.78, 5) is 15.2. The number of rotatable bonds is 8. The highest BCUT2D eigenvalue weighted by atomic mass is 16.2. The fourth-order valence-corrected chi connectivity index (χ4v) is 3.72. The molecule has 3 heteroatoms. The Kier molecular flexibility index (Phi) is 6.89. The van der Waals surface area contributed by atoms with Crippen molar-refractivity contribution in [1.82, 2.24) is 5.32 Å². The van der Waals surface area contributed by atoms with Gasteiger partial charge >= 0.3 is 0 Å². The second-order valence-corrected chi connectivity index (χ2v) is 7.43. The molecule has 0 heterocycles. The lowest BCUT2D eigenvalue weighted by Gasteiger charge is -2.25. The van der Waals surface area contributed by atoms with Crippen molar-refractivity contribution in [1.29, 1.82) is 0 Å². The number of hydrogen-bond donors (Lipinski definition) is 1. The maximum atomic E-state index is 13.4. The summed E-state index contributed by atoms with van der Waals surface area (Å²) in [6, 6.07) is 40.3. The van der Waals surface area contributed by atoms with Crippen LogP contribution in [0, 0.1) is 0 Å². The number of nitrogens with zero attached hydrogens (tertiary/aromatic N) is 1. The van der Waals surface area contributed by atoms with Crippen LogP contribution in [0.5, 0.6) is 0 Å². The Morgan fingerprint density at radius 1 is 0.645 bits per heavy atom. The van der Waals surface area contributed by atoms with Crippen LogP contribution in [0.2, 0.25) is 0 Å². The van der Waals surface area contributed by atoms with Crippen molar-refractivity contribution in [3.63, 3.8) is 0 Å². The summed E-state index contributed by atoms with van der Waals surface area (Å²) in [7, 11) is 0. The summed E-state index contributed by atoms with van der Waals surface area (Å²) >= 11 is 0. The molecule has 0 radical (unpaired) electrons. The molecule has 154 valence electrons. The van der Waals surface area contributed by atoms with E-state index in [9.17, 15) is 4.79 Å². The monoisotopic (exact) mass is 406 g/mol. The second-order valence-electron chi connectivity index (χ2n) is 7.43. The maximum absolute atomic E-state index is 13.4. The van der Waals surface area contributed by atoms with Crippen LogP contribution in [0.25, 0.3) is 0 Å². The van der Waals surface area contributed by atoms with Crippen LogP contribution < -0.4 is 10.2 Å². The van der Waals surface area contributed by atoms with Crippen LogP contribution in [0.3, 0.4) is 0 Å². The largest absolute Gasteiger partial charge is 0.301 e. The molecule has 4 rings (SSSR count). The average Bonchev–Trinajstić information content (AvgIpc) is 2.84. The average molecular weight is 407 g/mol. The van der Waals surface area contributed by atoms with Crippen molar-refractivity contribution >= 4 is 17.3 Å². The first-order chi connectivity index (χ1) is 15.3. The van der Waals surface area contributed by atoms with Crippen molar-refractivity contribution in [3.05, 3.63) is 132 Å². The molecule has 4 aromatic rings. The summed E-state index contributed by atoms with van der Waals surface area (Å²) in [6.45, 7) is 0.232. The molecule has 1 N–H and O–H groups in total. The van der Waals surface area contributed by atoms with Gasteiger partial charge in [0.15, 0.2) is 0 Å². The predicted molar refractivity (Wildman–Crippen MR) is 127 cm³/mol. The molecular weight excluding hydrogens is 380 g/mol. The first kappa shape index (κ1) is 20.6. The van der Waals surface area contributed by atoms with Gasteiger partial charge in [0.2, 0.25) is 5.91 Å². The first-order valence-electron chi connectivity index (χ1n) is 10.6. The number of para-hydroxylation sites is 2. The number of benzene rings is 4. The third-order valence-corrected chi connectivity index (χ3v) is 5.26. The second kappa shape index (κ2) is 10.4. The Hall–Kier alpha value is -3.69. The number of amides is 1. The lowest BCUT2D eigenvalue weighted by molar-refractivity contribution is -0.117. The van der Waals surface area contributed by atoms with Crippen molar-refractivity contribution in [2.45, 2.75) is 12.5 Å². The molecule has 0 bridgehead atoms. The highest BCUT2D eigenvalue weighted by Crippen LogP contribution is 2.25. The fourth-order valence-electron chi connectivity index (χ4n) is 3.72. The zero-order valence-electron chi connectivity index (χ0n) is 17.4. The molecule has 0 spiro atoms. The fraction of sp³-hybridized carbons (Fsp3) is 0.107. The van der Waals surface area contributed by atoms with Crippen molar-refractivity contribution in [3.8, 4) is 0 Å². The van der Waals surface area contributed by atoms with Gasteiger partial charge in [-0.2, -0.15) is 0 Å². The van der Waals surface area contributed by atoms with Crippen molar-refractivity contribution < 1.29 is 4.79 Å². The van der Waals surface area contributed by atoms with E-state index >= 15 is 0 Å². The molecule has 1 atom stereocenters. The standard InChI is InChI=1S/C28H26N2O/c31-28(30(25-17-9-3-10-18-25)26-19-11-4-12-20-26)22-29-27(24-15-7-2-8-16-24)21-23-13-5-1-6-14-23/h1-20,27,29H,21-22H2. The summed E-state index contributed by atoms with van der Waals surface area (Å²) in [6.07, 6.45) is 0.814. The van der Waals surface area contributed by atoms with Crippen molar-refractivity contribution in [2.24, 2.45) is 0 Å². The third kappa shape index (κ3) is 5.47. The molecule has 3 nitrogen and oxygen atoms in total. The van der Waals surface area contributed by atoms with Gasteiger partial charge in [0.05, 0.1) is 6.54 Å². The number of nitrogens with one attached hydrogen (secondary N) is 1. The molecule has 0 aromatic heterocycles. The molecular formula is C28H26N2O. The Bertz CT molecular complexity index is 1030. The topological polar surface area (TPSA) is 32.3 Å². The lowest BCUT2D eigenvalue weighted by Crippen LogP contribution is -2.37. The highest BCUT2D eigenvalue weighted by molar-refractivity contribution is 6.01. The van der Waals surface area contributed by atoms with Crippen LogP contribution in [0.4, 0.5) is 11.4 Å². The Morgan fingerprint density at radius 2 is 1.10 bits per heavy atom. The van der Waals surface area contributed by atoms with Gasteiger partial charge in [-0.25, -0.2) is 0 Å². The van der Waals surface area contributed by atoms with Crippen LogP contribution >= 0.6 is 0 Å². The van der Waals surface area contributed by atoms with Gasteiger partial charge in [0.25, 0.3) is 0 Å². The molecule has 0 saturated carbocycles. The van der Waals surface area contributed by atoms with E-state index in [1.165, 1.54) is 11.1 Å². The van der Waals surface area contributed by atoms with Crippen LogP contribution in [-0.4, -0.2) is 12.5 Å². The molecule has 1 unspecified atom stereocenters. The molecule has 0 aliphatic heterocycles. The quantitative estimate of drug-likeness (QED) is 0.394. The van der Waals surface area contributed by atoms with Gasteiger partial charge in [0, 0.05) is 17.4 Å². The number of carbonyl (C=O) groups is 1. The minimum absolute atomic E-state index is 0.00592. The number of carbonyl (C=O) groups excluding carboxylic acids is 1. The molecule has 0 aliphatic carbocycles. The van der Waals surface area contributed by atoms with Gasteiger partial charge in [0.1, 0.15) is 0 Å². The van der Waals surface area contributed by atoms with E-state index in [0.29, 0.717) is 0 Å². The molecule has 0 fully saturated rings. The van der Waals surface area contributed by atoms with E-state index in [0.717, 1.165) is 17.8 Å². The minimum Gasteiger partial charge on any atom is -0.301 e. The van der Waals surface area contributed by atoms with E-state index < -0.39 is 0 Å². The molecule has 0 saturated heterocycles. The van der Waals surface area contributed by atoms with Gasteiger partial charge in [-0.1, -0.05) is 97.1 Å². The van der Waals surface area contributed by atoms with Crippen LogP contribution in [0.15, 0.2) is 121 Å². The first-order valence-corrected chi connectivity index (χ1v) is 10.6. The Morgan fingerprint density at radius 3 is 1.61 bits per heavy atom. The van der Waals surface area contributed by atoms with E-state index in [-0.39, 0.29) is 18.5 Å². The lowest BCUT2D eigenvalue weighted by atomic mass is 9.99. The van der Waals surface area contributed by atoms with E-state index in [1.54, 1.807) is 4.90 Å². The summed E-state index contributed by atoms with van der Waals surface area (Å²) in [5.74, 6) is 0.00592. The highest BCUT2D eigenvalue weighted by Gasteiger charge is 2.20. The molecule has 1 amide bonds. The van der Waals surface area contributed by atoms with Gasteiger partial charge in [-0.05, 0) is 41.8 Å². The number of hydrogen-bond acceptors (Lipinski definition) is 2. The minimum atomic E-state index is 0.00592. The Labute approximate surface area is 184 Å². The SMILES string of the molecule is O=C(CNC(Cc1ccccc1)c1ccccc1)N(c1ccccc1)c1ccccc1. The zero-order chi connectivity index (χ0) is 21.3. The molecule has 0 aliphatic rings. The van der Waals surface area contributed by atoms with Crippen molar-refractivity contribution in [2.75, 3.05) is 11.4 Å². The van der Waals surface area contributed by atoms with Crippen LogP contribution in [-0.2, 0) is 11.2 Å². The van der Waals surface area contributed by atoms with E-state index in [2.05, 4.69) is 41.7 Å². The van der Waals surface area contributed by atoms with Crippen LogP contribution in [0.1, 0.15) is 17.2 Å². The number of anilines is 2. The third-order valence-electron chi connectivity index (χ3n) is 5.26. The Balaban J connectivity index is 1.55. The molecule has 31 heavy (non-hydrogen) atoms. The summed E-state index contributed by atoms with van der Waals surface area (Å²) in [5, 5.41) is 3.51. The van der Waals surface area contributed by atoms with E-state index in [4.69, 9.17) is 0 Å². The normalized spacial score (nSPS) is 11.6. The van der Waals surface area contributed by atoms with Gasteiger partial charge in [-0.3, -0.25) is 9.69 Å². The predicted octanol–water partition coefficient (Wildman–Crippen LogP) is 5.92. The smallest absolute Gasteiger partial charge is 0.245 e. The summed E-state index contributed by atoms with van der Waals surface area (Å²) in [5.41, 5.74) is 4.13. The molecule has 4 aromatic carbocycles. The zero-order valence-corrected chi connectivity index (χ0v) is 17.4.